The molecular formula is C25H27ClFN5O3. The van der Waals surface area contributed by atoms with Crippen LogP contribution in [0.5, 0.6) is 5.75 Å². The molecule has 0 radical (unpaired) electrons. The number of piperidine rings is 1. The van der Waals surface area contributed by atoms with Crippen LogP contribution in [0.1, 0.15) is 54.2 Å². The second-order valence-corrected chi connectivity index (χ2v) is 10.3. The van der Waals surface area contributed by atoms with Gasteiger partial charge in [0.05, 0.1) is 41.7 Å². The van der Waals surface area contributed by atoms with Crippen LogP contribution < -0.4 is 4.74 Å². The molecule has 0 aliphatic carbocycles. The maximum absolute atomic E-state index is 14.2. The second kappa shape index (κ2) is 8.72. The van der Waals surface area contributed by atoms with Crippen molar-refractivity contribution in [2.24, 2.45) is 0 Å². The van der Waals surface area contributed by atoms with Crippen molar-refractivity contribution in [2.75, 3.05) is 6.54 Å². The van der Waals surface area contributed by atoms with E-state index in [4.69, 9.17) is 16.3 Å². The molecule has 3 aromatic rings. The summed E-state index contributed by atoms with van der Waals surface area (Å²) in [6.45, 7) is 3.18. The first-order valence-electron chi connectivity index (χ1n) is 12.1. The number of rotatable bonds is 5. The minimum atomic E-state index is -0.436. The maximum atomic E-state index is 14.2. The SMILES string of the molecule is CC(O)CN1C2CC[C@@H]1CC(Oc1cc(F)ccc1C(=O)N1Cc3nn4cc(Cl)cnc4c3C1)C2. The van der Waals surface area contributed by atoms with Gasteiger partial charge in [0.25, 0.3) is 5.91 Å². The summed E-state index contributed by atoms with van der Waals surface area (Å²) < 4.78 is 22.2. The molecule has 1 aromatic carbocycles. The summed E-state index contributed by atoms with van der Waals surface area (Å²) in [7, 11) is 0. The summed E-state index contributed by atoms with van der Waals surface area (Å²) in [6, 6.07) is 4.80. The predicted octanol–water partition coefficient (Wildman–Crippen LogP) is 3.43. The minimum Gasteiger partial charge on any atom is -0.489 e. The van der Waals surface area contributed by atoms with Crippen LogP contribution in [-0.4, -0.2) is 66.2 Å². The van der Waals surface area contributed by atoms with Crippen LogP contribution in [0.3, 0.4) is 0 Å². The van der Waals surface area contributed by atoms with E-state index in [0.717, 1.165) is 36.9 Å². The van der Waals surface area contributed by atoms with Gasteiger partial charge < -0.3 is 14.7 Å². The molecule has 2 saturated heterocycles. The third-order valence-electron chi connectivity index (χ3n) is 7.38. The van der Waals surface area contributed by atoms with Crippen molar-refractivity contribution >= 4 is 23.2 Å². The van der Waals surface area contributed by atoms with Crippen molar-refractivity contribution in [1.29, 1.82) is 0 Å². The van der Waals surface area contributed by atoms with Gasteiger partial charge in [-0.1, -0.05) is 11.6 Å². The Morgan fingerprint density at radius 1 is 1.29 bits per heavy atom. The molecule has 2 fully saturated rings. The van der Waals surface area contributed by atoms with Gasteiger partial charge in [-0.3, -0.25) is 9.69 Å². The average Bonchev–Trinajstić information content (AvgIpc) is 3.42. The number of aliphatic hydroxyl groups is 1. The smallest absolute Gasteiger partial charge is 0.258 e. The number of aliphatic hydroxyl groups excluding tert-OH is 1. The molecule has 8 nitrogen and oxygen atoms in total. The lowest BCUT2D eigenvalue weighted by atomic mass is 9.99. The van der Waals surface area contributed by atoms with Gasteiger partial charge in [-0.25, -0.2) is 13.9 Å². The van der Waals surface area contributed by atoms with Gasteiger partial charge in [0.1, 0.15) is 17.7 Å². The van der Waals surface area contributed by atoms with Crippen LogP contribution in [0.4, 0.5) is 4.39 Å². The molecule has 35 heavy (non-hydrogen) atoms. The number of nitrogens with zero attached hydrogens (tertiary/aromatic N) is 5. The zero-order valence-corrected chi connectivity index (χ0v) is 20.2. The maximum Gasteiger partial charge on any atom is 0.258 e. The van der Waals surface area contributed by atoms with Crippen molar-refractivity contribution in [1.82, 2.24) is 24.4 Å². The second-order valence-electron chi connectivity index (χ2n) is 9.91. The summed E-state index contributed by atoms with van der Waals surface area (Å²) in [6.07, 6.45) is 6.53. The van der Waals surface area contributed by atoms with Gasteiger partial charge in [-0.2, -0.15) is 5.10 Å². The van der Waals surface area contributed by atoms with E-state index < -0.39 is 5.82 Å². The Balaban J connectivity index is 1.20. The van der Waals surface area contributed by atoms with Crippen molar-refractivity contribution in [3.63, 3.8) is 0 Å². The van der Waals surface area contributed by atoms with E-state index in [1.54, 1.807) is 21.8 Å². The number of fused-ring (bicyclic) bond motifs is 5. The van der Waals surface area contributed by atoms with E-state index in [9.17, 15) is 14.3 Å². The molecule has 1 N–H and O–H groups in total. The molecule has 0 spiro atoms. The summed E-state index contributed by atoms with van der Waals surface area (Å²) in [5, 5.41) is 14.9. The molecule has 3 unspecified atom stereocenters. The molecule has 6 rings (SSSR count). The molecule has 1 amide bonds. The van der Waals surface area contributed by atoms with Crippen molar-refractivity contribution in [3.05, 3.63) is 58.3 Å². The number of benzene rings is 1. The fraction of sp³-hybridized carbons (Fsp3) is 0.480. The van der Waals surface area contributed by atoms with Crippen LogP contribution in [0.15, 0.2) is 30.6 Å². The third kappa shape index (κ3) is 4.15. The summed E-state index contributed by atoms with van der Waals surface area (Å²) in [5.74, 6) is -0.374. The van der Waals surface area contributed by atoms with E-state index in [1.807, 2.05) is 6.92 Å². The molecular weight excluding hydrogens is 473 g/mol. The van der Waals surface area contributed by atoms with Crippen molar-refractivity contribution in [3.8, 4) is 5.75 Å². The lowest BCUT2D eigenvalue weighted by molar-refractivity contribution is 0.0214. The minimum absolute atomic E-state index is 0.0972. The van der Waals surface area contributed by atoms with Crippen LogP contribution in [-0.2, 0) is 13.1 Å². The highest BCUT2D eigenvalue weighted by molar-refractivity contribution is 6.30. The van der Waals surface area contributed by atoms with Gasteiger partial charge in [0, 0.05) is 36.5 Å². The number of ether oxygens (including phenoxy) is 1. The Labute approximate surface area is 207 Å². The number of halogens is 2. The first-order chi connectivity index (χ1) is 16.9. The summed E-state index contributed by atoms with van der Waals surface area (Å²) in [5.41, 5.74) is 2.69. The highest BCUT2D eigenvalue weighted by Gasteiger charge is 2.42. The van der Waals surface area contributed by atoms with Gasteiger partial charge in [-0.05, 0) is 44.7 Å². The Bertz CT molecular complexity index is 1280. The monoisotopic (exact) mass is 499 g/mol. The molecule has 3 aliphatic heterocycles. The Morgan fingerprint density at radius 2 is 2.06 bits per heavy atom. The van der Waals surface area contributed by atoms with Crippen molar-refractivity contribution < 1.29 is 19.0 Å². The lowest BCUT2D eigenvalue weighted by Gasteiger charge is -2.39. The summed E-state index contributed by atoms with van der Waals surface area (Å²) >= 11 is 6.02. The molecule has 4 atom stereocenters. The van der Waals surface area contributed by atoms with E-state index in [2.05, 4.69) is 15.0 Å². The summed E-state index contributed by atoms with van der Waals surface area (Å²) in [4.78, 5) is 21.9. The number of hydrogen-bond acceptors (Lipinski definition) is 6. The van der Waals surface area contributed by atoms with Gasteiger partial charge in [-0.15, -0.1) is 0 Å². The number of hydrogen-bond donors (Lipinski definition) is 1. The highest BCUT2D eigenvalue weighted by atomic mass is 35.5. The molecule has 10 heteroatoms. The van der Waals surface area contributed by atoms with E-state index >= 15 is 0 Å². The molecule has 2 bridgehead atoms. The Morgan fingerprint density at radius 3 is 2.80 bits per heavy atom. The Kier molecular flexibility index (Phi) is 5.66. The van der Waals surface area contributed by atoms with Crippen LogP contribution in [0, 0.1) is 5.82 Å². The zero-order valence-electron chi connectivity index (χ0n) is 19.4. The van der Waals surface area contributed by atoms with E-state index in [0.29, 0.717) is 48.0 Å². The van der Waals surface area contributed by atoms with Crippen LogP contribution in [0.25, 0.3) is 5.65 Å². The number of amides is 1. The normalized spacial score (nSPS) is 24.7. The average molecular weight is 500 g/mol. The van der Waals surface area contributed by atoms with Gasteiger partial charge in [0.15, 0.2) is 5.65 Å². The number of carbonyl (C=O) groups is 1. The molecule has 3 aliphatic rings. The first kappa shape index (κ1) is 22.7. The molecule has 5 heterocycles. The standard InChI is InChI=1S/C25H27ClFN5O3/c1-14(33)10-31-17-3-4-18(31)8-19(7-17)35-23-6-16(27)2-5-20(23)25(34)30-12-21-22(13-30)29-32-11-15(26)9-28-24(21)32/h2,5-6,9,11,14,17-19,33H,3-4,7-8,10,12-13H2,1H3/t14?,17-,18?,19?/m1/s1. The topological polar surface area (TPSA) is 83.2 Å². The quantitative estimate of drug-likeness (QED) is 0.579. The van der Waals surface area contributed by atoms with Crippen molar-refractivity contribution in [2.45, 2.75) is 70.0 Å². The van der Waals surface area contributed by atoms with Crippen LogP contribution in [0.2, 0.25) is 5.02 Å². The number of carbonyl (C=O) groups excluding carboxylic acids is 1. The van der Waals surface area contributed by atoms with E-state index in [1.165, 1.54) is 18.2 Å². The molecule has 2 aromatic heterocycles. The fourth-order valence-electron chi connectivity index (χ4n) is 5.91. The molecule has 0 saturated carbocycles. The molecule has 184 valence electrons. The fourth-order valence-corrected chi connectivity index (χ4v) is 6.05. The predicted molar refractivity (Wildman–Crippen MR) is 127 cm³/mol. The van der Waals surface area contributed by atoms with Gasteiger partial charge >= 0.3 is 0 Å². The van der Waals surface area contributed by atoms with E-state index in [-0.39, 0.29) is 23.9 Å². The largest absolute Gasteiger partial charge is 0.489 e. The van der Waals surface area contributed by atoms with Crippen LogP contribution >= 0.6 is 11.6 Å². The first-order valence-corrected chi connectivity index (χ1v) is 12.4. The number of aromatic nitrogens is 3. The van der Waals surface area contributed by atoms with Gasteiger partial charge in [0.2, 0.25) is 0 Å². The zero-order chi connectivity index (χ0) is 24.3. The highest BCUT2D eigenvalue weighted by Crippen LogP contribution is 2.38. The Hall–Kier alpha value is -2.75. The third-order valence-corrected chi connectivity index (χ3v) is 7.58. The lowest BCUT2D eigenvalue weighted by Crippen LogP contribution is -2.48.